The van der Waals surface area contributed by atoms with E-state index in [1.165, 1.54) is 11.1 Å². The molecule has 0 aromatic heterocycles. The molecule has 0 saturated heterocycles. The molecule has 3 rings (SSSR count). The van der Waals surface area contributed by atoms with Crippen molar-refractivity contribution in [3.8, 4) is 11.5 Å². The molecule has 140 valence electrons. The molecule has 0 spiro atoms. The maximum atomic E-state index is 6.00. The molecule has 0 radical (unpaired) electrons. The van der Waals surface area contributed by atoms with Crippen LogP contribution >= 0.6 is 12.2 Å². The Morgan fingerprint density at radius 2 is 1.67 bits per heavy atom. The van der Waals surface area contributed by atoms with Gasteiger partial charge in [0.1, 0.15) is 29.7 Å². The molecule has 3 aromatic rings. The molecule has 27 heavy (non-hydrogen) atoms. The van der Waals surface area contributed by atoms with Gasteiger partial charge < -0.3 is 15.2 Å². The quantitative estimate of drug-likeness (QED) is 0.443. The topological polar surface area (TPSA) is 44.5 Å². The van der Waals surface area contributed by atoms with Crippen LogP contribution in [0.25, 0.3) is 10.8 Å². The van der Waals surface area contributed by atoms with Crippen LogP contribution in [0.3, 0.4) is 0 Å². The Labute approximate surface area is 166 Å². The number of hydrogen-bond acceptors (Lipinski definition) is 3. The molecule has 0 atom stereocenters. The zero-order valence-corrected chi connectivity index (χ0v) is 16.8. The monoisotopic (exact) mass is 379 g/mol. The molecule has 0 heterocycles. The van der Waals surface area contributed by atoms with Gasteiger partial charge in [0.15, 0.2) is 0 Å². The number of rotatable bonds is 7. The minimum absolute atomic E-state index is 0.337. The Balaban J connectivity index is 1.72. The Morgan fingerprint density at radius 3 is 2.37 bits per heavy atom. The summed E-state index contributed by atoms with van der Waals surface area (Å²) in [5.41, 5.74) is 9.13. The van der Waals surface area contributed by atoms with Crippen LogP contribution in [0.5, 0.6) is 11.5 Å². The molecule has 0 bridgehead atoms. The molecule has 0 aliphatic carbocycles. The number of ether oxygens (including phenoxy) is 2. The molecule has 0 aliphatic rings. The van der Waals surface area contributed by atoms with Crippen molar-refractivity contribution in [1.29, 1.82) is 0 Å². The molecule has 0 amide bonds. The summed E-state index contributed by atoms with van der Waals surface area (Å²) in [5, 5.41) is 2.09. The van der Waals surface area contributed by atoms with Gasteiger partial charge in [-0.15, -0.1) is 0 Å². The van der Waals surface area contributed by atoms with E-state index in [0.29, 0.717) is 29.9 Å². The molecule has 3 nitrogen and oxygen atoms in total. The number of hydrogen-bond donors (Lipinski definition) is 1. The molecule has 4 heteroatoms. The van der Waals surface area contributed by atoms with Crippen molar-refractivity contribution in [2.45, 2.75) is 26.7 Å². The molecule has 0 aliphatic heterocycles. The summed E-state index contributed by atoms with van der Waals surface area (Å²) in [5.74, 6) is 2.02. The van der Waals surface area contributed by atoms with Crippen LogP contribution in [0.4, 0.5) is 0 Å². The minimum Gasteiger partial charge on any atom is -0.490 e. The first-order valence-corrected chi connectivity index (χ1v) is 9.56. The minimum atomic E-state index is 0.337. The van der Waals surface area contributed by atoms with E-state index in [-0.39, 0.29) is 0 Å². The zero-order chi connectivity index (χ0) is 19.4. The second-order valence-corrected chi connectivity index (χ2v) is 7.36. The summed E-state index contributed by atoms with van der Waals surface area (Å²) in [4.78, 5) is 0.337. The van der Waals surface area contributed by atoms with Crippen LogP contribution in [0, 0.1) is 6.92 Å². The van der Waals surface area contributed by atoms with Gasteiger partial charge in [-0.2, -0.15) is 0 Å². The van der Waals surface area contributed by atoms with E-state index in [2.05, 4.69) is 39.0 Å². The third-order valence-corrected chi connectivity index (χ3v) is 4.73. The van der Waals surface area contributed by atoms with Crippen LogP contribution < -0.4 is 15.2 Å². The predicted molar refractivity (Wildman–Crippen MR) is 116 cm³/mol. The average molecular weight is 380 g/mol. The summed E-state index contributed by atoms with van der Waals surface area (Å²) in [6, 6.07) is 18.3. The summed E-state index contributed by atoms with van der Waals surface area (Å²) in [7, 11) is 0. The molecule has 2 N–H and O–H groups in total. The normalized spacial score (nSPS) is 11.0. The number of fused-ring (bicyclic) bond motifs is 1. The van der Waals surface area contributed by atoms with Crippen molar-refractivity contribution >= 4 is 28.0 Å². The molecule has 3 aromatic carbocycles. The number of benzene rings is 3. The second-order valence-electron chi connectivity index (χ2n) is 6.92. The number of nitrogens with two attached hydrogens (primary N) is 1. The highest BCUT2D eigenvalue weighted by atomic mass is 32.1. The van der Waals surface area contributed by atoms with Gasteiger partial charge in [0, 0.05) is 0 Å². The number of thiocarbonyl (C=S) groups is 1. The third kappa shape index (κ3) is 4.40. The maximum absolute atomic E-state index is 6.00. The highest BCUT2D eigenvalue weighted by Gasteiger charge is 2.12. The lowest BCUT2D eigenvalue weighted by Crippen LogP contribution is -2.15. The predicted octanol–water partition coefficient (Wildman–Crippen LogP) is 5.36. The first kappa shape index (κ1) is 19.2. The third-order valence-electron chi connectivity index (χ3n) is 4.53. The van der Waals surface area contributed by atoms with Crippen molar-refractivity contribution in [2.75, 3.05) is 13.2 Å². The lowest BCUT2D eigenvalue weighted by atomic mass is 10.0. The zero-order valence-electron chi connectivity index (χ0n) is 16.0. The van der Waals surface area contributed by atoms with Gasteiger partial charge in [0.05, 0.1) is 5.56 Å². The largest absolute Gasteiger partial charge is 0.490 e. The summed E-state index contributed by atoms with van der Waals surface area (Å²) in [6.45, 7) is 7.26. The van der Waals surface area contributed by atoms with Crippen molar-refractivity contribution < 1.29 is 9.47 Å². The van der Waals surface area contributed by atoms with E-state index in [1.807, 2.05) is 36.4 Å². The van der Waals surface area contributed by atoms with Crippen LogP contribution in [0.1, 0.15) is 36.5 Å². The standard InChI is InChI=1S/C23H25NO2S/c1-15(2)18-10-8-16(3)14-21(18)26-13-12-25-20-11-9-17-6-4-5-7-19(17)22(20)23(24)27/h4-11,14-15H,12-13H2,1-3H3,(H2,24,27). The van der Waals surface area contributed by atoms with E-state index < -0.39 is 0 Å². The fraction of sp³-hybridized carbons (Fsp3) is 0.261. The van der Waals surface area contributed by atoms with Gasteiger partial charge in [0.25, 0.3) is 0 Å². The van der Waals surface area contributed by atoms with E-state index in [4.69, 9.17) is 27.4 Å². The molecule has 0 fully saturated rings. The highest BCUT2D eigenvalue weighted by molar-refractivity contribution is 7.80. The average Bonchev–Trinajstić information content (AvgIpc) is 2.64. The van der Waals surface area contributed by atoms with Crippen molar-refractivity contribution in [3.05, 3.63) is 71.3 Å². The molecule has 0 unspecified atom stereocenters. The van der Waals surface area contributed by atoms with E-state index in [1.54, 1.807) is 0 Å². The van der Waals surface area contributed by atoms with Crippen molar-refractivity contribution in [1.82, 2.24) is 0 Å². The molecular weight excluding hydrogens is 354 g/mol. The van der Waals surface area contributed by atoms with Gasteiger partial charge >= 0.3 is 0 Å². The van der Waals surface area contributed by atoms with Gasteiger partial charge in [-0.05, 0) is 46.9 Å². The first-order valence-electron chi connectivity index (χ1n) is 9.15. The second kappa shape index (κ2) is 8.40. The maximum Gasteiger partial charge on any atom is 0.130 e. The summed E-state index contributed by atoms with van der Waals surface area (Å²) >= 11 is 5.26. The van der Waals surface area contributed by atoms with Gasteiger partial charge in [-0.1, -0.05) is 68.5 Å². The fourth-order valence-corrected chi connectivity index (χ4v) is 3.38. The van der Waals surface area contributed by atoms with Crippen LogP contribution in [0.15, 0.2) is 54.6 Å². The highest BCUT2D eigenvalue weighted by Crippen LogP contribution is 2.29. The van der Waals surface area contributed by atoms with Gasteiger partial charge in [-0.3, -0.25) is 0 Å². The first-order chi connectivity index (χ1) is 13.0. The van der Waals surface area contributed by atoms with Crippen LogP contribution in [-0.4, -0.2) is 18.2 Å². The van der Waals surface area contributed by atoms with E-state index in [0.717, 1.165) is 22.1 Å². The summed E-state index contributed by atoms with van der Waals surface area (Å²) < 4.78 is 12.0. The molecular formula is C23H25NO2S. The fourth-order valence-electron chi connectivity index (χ4n) is 3.17. The van der Waals surface area contributed by atoms with Gasteiger partial charge in [-0.25, -0.2) is 0 Å². The Bertz CT molecular complexity index is 966. The van der Waals surface area contributed by atoms with Gasteiger partial charge in [0.2, 0.25) is 0 Å². The summed E-state index contributed by atoms with van der Waals surface area (Å²) in [6.07, 6.45) is 0. The Morgan fingerprint density at radius 1 is 0.963 bits per heavy atom. The smallest absolute Gasteiger partial charge is 0.130 e. The lowest BCUT2D eigenvalue weighted by Gasteiger charge is -2.16. The number of aryl methyl sites for hydroxylation is 1. The van der Waals surface area contributed by atoms with E-state index >= 15 is 0 Å². The Hall–Kier alpha value is -2.59. The van der Waals surface area contributed by atoms with Crippen LogP contribution in [-0.2, 0) is 0 Å². The van der Waals surface area contributed by atoms with E-state index in [9.17, 15) is 0 Å². The van der Waals surface area contributed by atoms with Crippen LogP contribution in [0.2, 0.25) is 0 Å². The Kier molecular flexibility index (Phi) is 5.97. The lowest BCUT2D eigenvalue weighted by molar-refractivity contribution is 0.215. The van der Waals surface area contributed by atoms with Crippen molar-refractivity contribution in [3.63, 3.8) is 0 Å². The molecule has 0 saturated carbocycles. The SMILES string of the molecule is Cc1ccc(C(C)C)c(OCCOc2ccc3ccccc3c2C(N)=S)c1. The van der Waals surface area contributed by atoms with Crippen molar-refractivity contribution in [2.24, 2.45) is 5.73 Å².